The molecule has 4 nitrogen and oxygen atoms in total. The van der Waals surface area contributed by atoms with Crippen LogP contribution in [0.1, 0.15) is 6.42 Å². The molecular weight excluding hydrogens is 132 g/mol. The maximum atomic E-state index is 8.26. The third kappa shape index (κ3) is 6.79. The zero-order valence-corrected chi connectivity index (χ0v) is 5.55. The van der Waals surface area contributed by atoms with Gasteiger partial charge >= 0.3 is 0 Å². The fourth-order valence-electron chi connectivity index (χ4n) is 0.309. The van der Waals surface area contributed by atoms with Crippen LogP contribution in [0.4, 0.5) is 0 Å². The topological polar surface area (TPSA) is 79.3 Å². The van der Waals surface area contributed by atoms with Crippen molar-refractivity contribution >= 4 is 6.02 Å². The Labute approximate surface area is 59.5 Å². The van der Waals surface area contributed by atoms with E-state index in [0.717, 1.165) is 0 Å². The number of ether oxygens (including phenoxy) is 1. The van der Waals surface area contributed by atoms with Gasteiger partial charge in [0.1, 0.15) is 0 Å². The number of nitrogens with one attached hydrogen (secondary N) is 1. The first-order valence-corrected chi connectivity index (χ1v) is 2.80. The molecule has 0 aliphatic heterocycles. The van der Waals surface area contributed by atoms with Crippen molar-refractivity contribution in [3.8, 4) is 11.8 Å². The van der Waals surface area contributed by atoms with Gasteiger partial charge in [0.05, 0.1) is 6.61 Å². The average molecular weight is 142 g/mol. The second-order valence-electron chi connectivity index (χ2n) is 1.48. The van der Waals surface area contributed by atoms with Crippen molar-refractivity contribution in [3.05, 3.63) is 0 Å². The van der Waals surface area contributed by atoms with Gasteiger partial charge in [-0.05, 0) is 0 Å². The van der Waals surface area contributed by atoms with Gasteiger partial charge in [0.15, 0.2) is 6.61 Å². The number of amidine groups is 1. The van der Waals surface area contributed by atoms with Crippen LogP contribution in [0.2, 0.25) is 0 Å². The third-order valence-electron chi connectivity index (χ3n) is 0.662. The molecule has 4 heteroatoms. The molecule has 0 saturated heterocycles. The molecule has 0 amide bonds. The van der Waals surface area contributed by atoms with E-state index in [1.807, 2.05) is 0 Å². The molecule has 0 aliphatic carbocycles. The van der Waals surface area contributed by atoms with Gasteiger partial charge in [-0.3, -0.25) is 5.41 Å². The number of nitrogens with two attached hydrogens (primary N) is 1. The van der Waals surface area contributed by atoms with E-state index >= 15 is 0 Å². The normalized spacial score (nSPS) is 7.70. The van der Waals surface area contributed by atoms with Gasteiger partial charge < -0.3 is 15.6 Å². The van der Waals surface area contributed by atoms with Crippen LogP contribution in [-0.4, -0.2) is 24.3 Å². The Balaban J connectivity index is 3.20. The third-order valence-corrected chi connectivity index (χ3v) is 0.662. The Bertz CT molecular complexity index is 157. The van der Waals surface area contributed by atoms with Gasteiger partial charge in [-0.15, -0.1) is 0 Å². The van der Waals surface area contributed by atoms with Gasteiger partial charge in [-0.25, -0.2) is 0 Å². The number of rotatable bonds is 2. The van der Waals surface area contributed by atoms with Gasteiger partial charge in [0, 0.05) is 6.42 Å². The minimum Gasteiger partial charge on any atom is -0.452 e. The van der Waals surface area contributed by atoms with Gasteiger partial charge in [-0.2, -0.15) is 0 Å². The molecule has 0 aliphatic rings. The molecule has 0 fully saturated rings. The summed E-state index contributed by atoms with van der Waals surface area (Å²) in [5, 5.41) is 14.9. The summed E-state index contributed by atoms with van der Waals surface area (Å²) in [7, 11) is 0. The summed E-state index contributed by atoms with van der Waals surface area (Å²) < 4.78 is 4.49. The minimum absolute atomic E-state index is 0.0487. The van der Waals surface area contributed by atoms with E-state index in [4.69, 9.17) is 16.2 Å². The van der Waals surface area contributed by atoms with Crippen LogP contribution in [-0.2, 0) is 4.74 Å². The lowest BCUT2D eigenvalue weighted by molar-refractivity contribution is 0.304. The van der Waals surface area contributed by atoms with Gasteiger partial charge in [0.2, 0.25) is 0 Å². The quantitative estimate of drug-likeness (QED) is 0.270. The van der Waals surface area contributed by atoms with Crippen LogP contribution in [0.3, 0.4) is 0 Å². The summed E-state index contributed by atoms with van der Waals surface area (Å²) >= 11 is 0. The second kappa shape index (κ2) is 5.92. The molecule has 0 saturated carbocycles. The van der Waals surface area contributed by atoms with Crippen molar-refractivity contribution < 1.29 is 9.84 Å². The molecule has 0 heterocycles. The van der Waals surface area contributed by atoms with E-state index in [1.54, 1.807) is 0 Å². The molecule has 0 atom stereocenters. The van der Waals surface area contributed by atoms with Gasteiger partial charge in [0.25, 0.3) is 6.02 Å². The van der Waals surface area contributed by atoms with Gasteiger partial charge in [-0.1, -0.05) is 11.8 Å². The lowest BCUT2D eigenvalue weighted by atomic mass is 10.4. The molecule has 0 bridgehead atoms. The highest BCUT2D eigenvalue weighted by Crippen LogP contribution is 1.71. The number of hydrogen-bond donors (Lipinski definition) is 3. The fraction of sp³-hybridized carbons (Fsp3) is 0.500. The standard InChI is InChI=1S/C6H10N2O2/c7-6(8)10-5-3-1-2-4-9/h9H,2,4-5H2,(H3,7,8). The average Bonchev–Trinajstić information content (AvgIpc) is 1.87. The number of hydrogen-bond acceptors (Lipinski definition) is 3. The highest BCUT2D eigenvalue weighted by molar-refractivity contribution is 5.67. The highest BCUT2D eigenvalue weighted by Gasteiger charge is 1.81. The summed E-state index contributed by atoms with van der Waals surface area (Å²) in [6, 6.07) is -0.335. The van der Waals surface area contributed by atoms with Crippen LogP contribution < -0.4 is 5.73 Å². The highest BCUT2D eigenvalue weighted by atomic mass is 16.5. The summed E-state index contributed by atoms with van der Waals surface area (Å²) in [6.45, 7) is 0.169. The molecular formula is C6H10N2O2. The van der Waals surface area contributed by atoms with Crippen molar-refractivity contribution in [2.45, 2.75) is 6.42 Å². The Hall–Kier alpha value is -1.21. The maximum Gasteiger partial charge on any atom is 0.279 e. The van der Waals surface area contributed by atoms with Crippen molar-refractivity contribution in [1.29, 1.82) is 5.41 Å². The molecule has 0 spiro atoms. The van der Waals surface area contributed by atoms with E-state index in [0.29, 0.717) is 6.42 Å². The smallest absolute Gasteiger partial charge is 0.279 e. The molecule has 10 heavy (non-hydrogen) atoms. The first-order valence-electron chi connectivity index (χ1n) is 2.80. The van der Waals surface area contributed by atoms with Crippen LogP contribution in [0.25, 0.3) is 0 Å². The summed E-state index contributed by atoms with van der Waals surface area (Å²) in [5.74, 6) is 5.18. The van der Waals surface area contributed by atoms with E-state index < -0.39 is 0 Å². The van der Waals surface area contributed by atoms with Crippen LogP contribution in [0.5, 0.6) is 0 Å². The van der Waals surface area contributed by atoms with Crippen molar-refractivity contribution in [3.63, 3.8) is 0 Å². The predicted molar refractivity (Wildman–Crippen MR) is 37.3 cm³/mol. The molecule has 4 N–H and O–H groups in total. The number of aliphatic hydroxyl groups is 1. The predicted octanol–water partition coefficient (Wildman–Crippen LogP) is -0.718. The second-order valence-corrected chi connectivity index (χ2v) is 1.48. The van der Waals surface area contributed by atoms with Crippen LogP contribution in [0.15, 0.2) is 0 Å². The molecule has 0 unspecified atom stereocenters. The zero-order valence-electron chi connectivity index (χ0n) is 5.55. The SMILES string of the molecule is N=C(N)OCC#CCCO. The van der Waals surface area contributed by atoms with E-state index in [-0.39, 0.29) is 19.2 Å². The zero-order chi connectivity index (χ0) is 7.82. The van der Waals surface area contributed by atoms with E-state index in [1.165, 1.54) is 0 Å². The Morgan fingerprint density at radius 2 is 2.30 bits per heavy atom. The van der Waals surface area contributed by atoms with Crippen LogP contribution in [0, 0.1) is 17.3 Å². The largest absolute Gasteiger partial charge is 0.452 e. The Morgan fingerprint density at radius 3 is 2.80 bits per heavy atom. The van der Waals surface area contributed by atoms with Crippen LogP contribution >= 0.6 is 0 Å². The Kier molecular flexibility index (Phi) is 5.20. The molecule has 0 aromatic carbocycles. The monoisotopic (exact) mass is 142 g/mol. The van der Waals surface area contributed by atoms with Crippen molar-refractivity contribution in [2.24, 2.45) is 5.73 Å². The molecule has 0 rings (SSSR count). The number of aliphatic hydroxyl groups excluding tert-OH is 1. The molecule has 56 valence electrons. The summed E-state index contributed by atoms with van der Waals surface area (Å²) in [5.41, 5.74) is 4.85. The molecule has 0 aromatic heterocycles. The summed E-state index contributed by atoms with van der Waals surface area (Å²) in [4.78, 5) is 0. The molecule has 0 aromatic rings. The Morgan fingerprint density at radius 1 is 1.60 bits per heavy atom. The van der Waals surface area contributed by atoms with Crippen molar-refractivity contribution in [2.75, 3.05) is 13.2 Å². The first-order chi connectivity index (χ1) is 4.77. The summed E-state index contributed by atoms with van der Waals surface area (Å²) in [6.07, 6.45) is 0.432. The van der Waals surface area contributed by atoms with E-state index in [2.05, 4.69) is 16.6 Å². The fourth-order valence-corrected chi connectivity index (χ4v) is 0.309. The van der Waals surface area contributed by atoms with Crippen molar-refractivity contribution in [1.82, 2.24) is 0 Å². The maximum absolute atomic E-state index is 8.26. The lowest BCUT2D eigenvalue weighted by Crippen LogP contribution is -2.13. The molecule has 0 radical (unpaired) electrons. The van der Waals surface area contributed by atoms with E-state index in [9.17, 15) is 0 Å². The first kappa shape index (κ1) is 8.79. The lowest BCUT2D eigenvalue weighted by Gasteiger charge is -1.93. The minimum atomic E-state index is -0.335.